The number of hydrogen-bond donors (Lipinski definition) is 0. The number of carbonyl (C=O) groups is 2. The molecule has 0 bridgehead atoms. The minimum absolute atomic E-state index is 0.260. The van der Waals surface area contributed by atoms with Gasteiger partial charge in [0.05, 0.1) is 5.69 Å². The molecule has 0 aliphatic heterocycles. The van der Waals surface area contributed by atoms with Crippen LogP contribution in [0.1, 0.15) is 20.8 Å². The van der Waals surface area contributed by atoms with Gasteiger partial charge in [0.15, 0.2) is 0 Å². The number of ether oxygens (including phenoxy) is 1. The molecule has 0 spiro atoms. The number of halogens is 1. The van der Waals surface area contributed by atoms with Gasteiger partial charge >= 0.3 is 6.09 Å². The van der Waals surface area contributed by atoms with Gasteiger partial charge in [-0.3, -0.25) is 4.79 Å². The van der Waals surface area contributed by atoms with Gasteiger partial charge in [-0.2, -0.15) is 0 Å². The van der Waals surface area contributed by atoms with Crippen LogP contribution in [-0.2, 0) is 9.53 Å². The molecule has 0 aromatic heterocycles. The first-order valence-electron chi connectivity index (χ1n) is 5.06. The number of benzene rings is 1. The molecule has 0 aliphatic carbocycles. The van der Waals surface area contributed by atoms with E-state index in [0.717, 1.165) is 17.0 Å². The summed E-state index contributed by atoms with van der Waals surface area (Å²) in [4.78, 5) is 23.3. The molecule has 0 aliphatic rings. The third-order valence-electron chi connectivity index (χ3n) is 1.80. The highest BCUT2D eigenvalue weighted by molar-refractivity contribution is 6.03. The monoisotopic (exact) mass is 239 g/mol. The molecule has 17 heavy (non-hydrogen) atoms. The van der Waals surface area contributed by atoms with Crippen molar-refractivity contribution in [2.45, 2.75) is 26.4 Å². The number of rotatable bonds is 2. The van der Waals surface area contributed by atoms with Gasteiger partial charge < -0.3 is 4.74 Å². The van der Waals surface area contributed by atoms with Crippen molar-refractivity contribution >= 4 is 18.2 Å². The Labute approximate surface area is 99.0 Å². The first kappa shape index (κ1) is 13.2. The fourth-order valence-corrected chi connectivity index (χ4v) is 1.12. The van der Waals surface area contributed by atoms with E-state index in [1.807, 2.05) is 0 Å². The predicted molar refractivity (Wildman–Crippen MR) is 61.2 cm³/mol. The molecule has 5 heteroatoms. The maximum atomic E-state index is 12.7. The Morgan fingerprint density at radius 3 is 2.24 bits per heavy atom. The molecule has 92 valence electrons. The maximum absolute atomic E-state index is 12.7. The van der Waals surface area contributed by atoms with Gasteiger partial charge in [-0.1, -0.05) is 0 Å². The summed E-state index contributed by atoms with van der Waals surface area (Å²) in [6.07, 6.45) is -0.458. The van der Waals surface area contributed by atoms with E-state index in [2.05, 4.69) is 0 Å². The summed E-state index contributed by atoms with van der Waals surface area (Å²) in [5.74, 6) is -0.441. The molecule has 0 unspecified atom stereocenters. The van der Waals surface area contributed by atoms with Gasteiger partial charge in [-0.25, -0.2) is 14.1 Å². The molecule has 0 fully saturated rings. The summed E-state index contributed by atoms with van der Waals surface area (Å²) in [5.41, 5.74) is -0.436. The minimum atomic E-state index is -0.792. The Morgan fingerprint density at radius 1 is 1.29 bits per heavy atom. The standard InChI is InChI=1S/C12H14FNO3/c1-12(2,3)17-11(16)14(8-15)10-6-4-9(13)5-7-10/h4-8H,1-3H3. The summed E-state index contributed by atoms with van der Waals surface area (Å²) in [5, 5.41) is 0. The Hall–Kier alpha value is -1.91. The van der Waals surface area contributed by atoms with E-state index in [4.69, 9.17) is 4.74 Å². The van der Waals surface area contributed by atoms with Crippen LogP contribution >= 0.6 is 0 Å². The topological polar surface area (TPSA) is 46.6 Å². The molecule has 0 saturated carbocycles. The van der Waals surface area contributed by atoms with Crippen molar-refractivity contribution in [3.63, 3.8) is 0 Å². The lowest BCUT2D eigenvalue weighted by Gasteiger charge is -2.23. The Bertz CT molecular complexity index is 409. The Morgan fingerprint density at radius 2 is 1.82 bits per heavy atom. The molecule has 0 radical (unpaired) electrons. The highest BCUT2D eigenvalue weighted by Crippen LogP contribution is 2.17. The zero-order valence-corrected chi connectivity index (χ0v) is 9.94. The number of carbonyl (C=O) groups excluding carboxylic acids is 2. The quantitative estimate of drug-likeness (QED) is 0.745. The summed E-state index contributed by atoms with van der Waals surface area (Å²) in [6.45, 7) is 5.08. The summed E-state index contributed by atoms with van der Waals surface area (Å²) < 4.78 is 17.7. The second kappa shape index (κ2) is 4.95. The van der Waals surface area contributed by atoms with Crippen molar-refractivity contribution in [3.8, 4) is 0 Å². The van der Waals surface area contributed by atoms with Gasteiger partial charge in [-0.05, 0) is 45.0 Å². The summed E-state index contributed by atoms with van der Waals surface area (Å²) >= 11 is 0. The highest BCUT2D eigenvalue weighted by atomic mass is 19.1. The lowest BCUT2D eigenvalue weighted by Crippen LogP contribution is -2.35. The molecule has 0 atom stereocenters. The van der Waals surface area contributed by atoms with E-state index in [1.165, 1.54) is 12.1 Å². The van der Waals surface area contributed by atoms with Crippen LogP contribution in [0.3, 0.4) is 0 Å². The zero-order valence-electron chi connectivity index (χ0n) is 9.94. The summed E-state index contributed by atoms with van der Waals surface area (Å²) in [6, 6.07) is 4.98. The normalized spacial score (nSPS) is 10.8. The van der Waals surface area contributed by atoms with Crippen LogP contribution < -0.4 is 4.90 Å². The fourth-order valence-electron chi connectivity index (χ4n) is 1.12. The smallest absolute Gasteiger partial charge is 0.421 e. The molecule has 0 heterocycles. The second-order valence-electron chi connectivity index (χ2n) is 4.43. The lowest BCUT2D eigenvalue weighted by atomic mass is 10.2. The highest BCUT2D eigenvalue weighted by Gasteiger charge is 2.22. The van der Waals surface area contributed by atoms with Gasteiger partial charge in [0.25, 0.3) is 0 Å². The van der Waals surface area contributed by atoms with Gasteiger partial charge in [0.1, 0.15) is 11.4 Å². The predicted octanol–water partition coefficient (Wildman–Crippen LogP) is 2.72. The molecule has 1 rings (SSSR count). The molecule has 2 amide bonds. The Balaban J connectivity index is 2.88. The Kier molecular flexibility index (Phi) is 3.83. The number of nitrogens with zero attached hydrogens (tertiary/aromatic N) is 1. The average molecular weight is 239 g/mol. The largest absolute Gasteiger partial charge is 0.443 e. The molecule has 1 aromatic carbocycles. The van der Waals surface area contributed by atoms with Crippen molar-refractivity contribution in [1.82, 2.24) is 0 Å². The minimum Gasteiger partial charge on any atom is -0.443 e. The first-order valence-corrected chi connectivity index (χ1v) is 5.06. The number of imide groups is 1. The van der Waals surface area contributed by atoms with Crippen LogP contribution in [0.5, 0.6) is 0 Å². The first-order chi connectivity index (χ1) is 7.83. The number of amides is 2. The van der Waals surface area contributed by atoms with Crippen LogP contribution in [-0.4, -0.2) is 18.1 Å². The second-order valence-corrected chi connectivity index (χ2v) is 4.43. The van der Waals surface area contributed by atoms with Crippen LogP contribution in [0.2, 0.25) is 0 Å². The van der Waals surface area contributed by atoms with Crippen molar-refractivity contribution in [3.05, 3.63) is 30.1 Å². The van der Waals surface area contributed by atoms with Crippen molar-refractivity contribution in [2.24, 2.45) is 0 Å². The lowest BCUT2D eigenvalue weighted by molar-refractivity contribution is -0.107. The average Bonchev–Trinajstić information content (AvgIpc) is 2.19. The van der Waals surface area contributed by atoms with E-state index in [1.54, 1.807) is 20.8 Å². The van der Waals surface area contributed by atoms with Crippen LogP contribution in [0.4, 0.5) is 14.9 Å². The fraction of sp³-hybridized carbons (Fsp3) is 0.333. The van der Waals surface area contributed by atoms with Crippen molar-refractivity contribution in [1.29, 1.82) is 0 Å². The van der Waals surface area contributed by atoms with Gasteiger partial charge in [0, 0.05) is 0 Å². The third kappa shape index (κ3) is 3.86. The van der Waals surface area contributed by atoms with Crippen molar-refractivity contribution in [2.75, 3.05) is 4.90 Å². The molecule has 4 nitrogen and oxygen atoms in total. The van der Waals surface area contributed by atoms with E-state index < -0.39 is 17.5 Å². The van der Waals surface area contributed by atoms with E-state index >= 15 is 0 Å². The van der Waals surface area contributed by atoms with Crippen LogP contribution in [0, 0.1) is 5.82 Å². The maximum Gasteiger partial charge on any atom is 0.421 e. The van der Waals surface area contributed by atoms with E-state index in [0.29, 0.717) is 6.41 Å². The molecular weight excluding hydrogens is 225 g/mol. The third-order valence-corrected chi connectivity index (χ3v) is 1.80. The van der Waals surface area contributed by atoms with Gasteiger partial charge in [0.2, 0.25) is 6.41 Å². The molecule has 0 N–H and O–H groups in total. The van der Waals surface area contributed by atoms with E-state index in [-0.39, 0.29) is 5.69 Å². The van der Waals surface area contributed by atoms with Crippen LogP contribution in [0.15, 0.2) is 24.3 Å². The molecule has 0 saturated heterocycles. The summed E-state index contributed by atoms with van der Waals surface area (Å²) in [7, 11) is 0. The number of anilines is 1. The van der Waals surface area contributed by atoms with Crippen LogP contribution in [0.25, 0.3) is 0 Å². The zero-order chi connectivity index (χ0) is 13.1. The van der Waals surface area contributed by atoms with Crippen molar-refractivity contribution < 1.29 is 18.7 Å². The molecular formula is C12H14FNO3. The number of hydrogen-bond acceptors (Lipinski definition) is 3. The van der Waals surface area contributed by atoms with Gasteiger partial charge in [-0.15, -0.1) is 0 Å². The molecule has 1 aromatic rings. The van der Waals surface area contributed by atoms with E-state index in [9.17, 15) is 14.0 Å². The SMILES string of the molecule is CC(C)(C)OC(=O)N(C=O)c1ccc(F)cc1.